The van der Waals surface area contributed by atoms with Crippen molar-refractivity contribution in [2.24, 2.45) is 11.3 Å². The standard InChI is InChI=1S/C21H28O3/c1-12(2)19-13-7-10-16-20(3,4)17(22)11-18(23)21(16,5)14(13)8-9-15(19)24-6/h8-9,12,16H,7,10-11H2,1-6H3/t16-,21-/m1/s1. The molecule has 0 bridgehead atoms. The van der Waals surface area contributed by atoms with E-state index in [-0.39, 0.29) is 23.9 Å². The fourth-order valence-electron chi connectivity index (χ4n) is 5.15. The normalized spacial score (nSPS) is 28.5. The van der Waals surface area contributed by atoms with Crippen molar-refractivity contribution in [2.75, 3.05) is 7.11 Å². The predicted molar refractivity (Wildman–Crippen MR) is 94.7 cm³/mol. The summed E-state index contributed by atoms with van der Waals surface area (Å²) < 4.78 is 5.59. The highest BCUT2D eigenvalue weighted by molar-refractivity contribution is 6.09. The average molecular weight is 328 g/mol. The number of carbonyl (C=O) groups excluding carboxylic acids is 2. The molecule has 0 heterocycles. The van der Waals surface area contributed by atoms with E-state index in [1.807, 2.05) is 19.9 Å². The molecule has 1 aromatic carbocycles. The topological polar surface area (TPSA) is 43.4 Å². The van der Waals surface area contributed by atoms with Crippen LogP contribution < -0.4 is 4.74 Å². The SMILES string of the molecule is COc1ccc2c(c1C(C)C)CC[C@@H]1C(C)(C)C(=O)CC(=O)[C@]21C. The summed E-state index contributed by atoms with van der Waals surface area (Å²) in [5, 5.41) is 0. The number of Topliss-reactive ketones (excluding diaryl/α,β-unsaturated/α-hetero) is 2. The predicted octanol–water partition coefficient (Wildman–Crippen LogP) is 4.21. The molecule has 0 N–H and O–H groups in total. The zero-order valence-electron chi connectivity index (χ0n) is 15.7. The van der Waals surface area contributed by atoms with Crippen LogP contribution >= 0.6 is 0 Å². The van der Waals surface area contributed by atoms with Gasteiger partial charge in [-0.3, -0.25) is 9.59 Å². The molecule has 0 aliphatic heterocycles. The quantitative estimate of drug-likeness (QED) is 0.764. The van der Waals surface area contributed by atoms with Gasteiger partial charge in [0.25, 0.3) is 0 Å². The second-order valence-electron chi connectivity index (χ2n) is 8.40. The molecular formula is C21H28O3. The maximum atomic E-state index is 13.0. The molecule has 1 fully saturated rings. The molecule has 0 spiro atoms. The Balaban J connectivity index is 2.26. The molecule has 2 aliphatic rings. The molecule has 3 rings (SSSR count). The molecule has 3 nitrogen and oxygen atoms in total. The molecular weight excluding hydrogens is 300 g/mol. The van der Waals surface area contributed by atoms with E-state index in [1.165, 1.54) is 11.1 Å². The van der Waals surface area contributed by atoms with Gasteiger partial charge in [0.1, 0.15) is 11.5 Å². The summed E-state index contributed by atoms with van der Waals surface area (Å²) in [5.41, 5.74) is 2.59. The van der Waals surface area contributed by atoms with Crippen molar-refractivity contribution in [1.29, 1.82) is 0 Å². The lowest BCUT2D eigenvalue weighted by Crippen LogP contribution is -2.57. The Morgan fingerprint density at radius 2 is 1.79 bits per heavy atom. The maximum absolute atomic E-state index is 13.0. The highest BCUT2D eigenvalue weighted by Gasteiger charge is 2.58. The Kier molecular flexibility index (Phi) is 3.89. The number of ether oxygens (including phenoxy) is 1. The van der Waals surface area contributed by atoms with Crippen molar-refractivity contribution in [2.45, 2.75) is 65.2 Å². The van der Waals surface area contributed by atoms with Crippen molar-refractivity contribution in [3.05, 3.63) is 28.8 Å². The average Bonchev–Trinajstić information content (AvgIpc) is 2.52. The van der Waals surface area contributed by atoms with Gasteiger partial charge in [-0.05, 0) is 48.8 Å². The second kappa shape index (κ2) is 5.44. The monoisotopic (exact) mass is 328 g/mol. The molecule has 2 aliphatic carbocycles. The Bertz CT molecular complexity index is 714. The van der Waals surface area contributed by atoms with Crippen LogP contribution in [0.15, 0.2) is 12.1 Å². The molecule has 0 amide bonds. The summed E-state index contributed by atoms with van der Waals surface area (Å²) in [4.78, 5) is 25.5. The van der Waals surface area contributed by atoms with E-state index in [2.05, 4.69) is 26.8 Å². The number of benzene rings is 1. The van der Waals surface area contributed by atoms with Crippen LogP contribution in [0.4, 0.5) is 0 Å². The number of hydrogen-bond donors (Lipinski definition) is 0. The zero-order valence-corrected chi connectivity index (χ0v) is 15.7. The molecule has 3 heteroatoms. The smallest absolute Gasteiger partial charge is 0.150 e. The van der Waals surface area contributed by atoms with Crippen LogP contribution in [-0.4, -0.2) is 18.7 Å². The van der Waals surface area contributed by atoms with Crippen molar-refractivity contribution in [1.82, 2.24) is 0 Å². The summed E-state index contributed by atoms with van der Waals surface area (Å²) in [6.45, 7) is 10.4. The summed E-state index contributed by atoms with van der Waals surface area (Å²) in [5.74, 6) is 1.49. The first kappa shape index (κ1) is 17.2. The molecule has 1 saturated carbocycles. The van der Waals surface area contributed by atoms with Gasteiger partial charge < -0.3 is 4.74 Å². The molecule has 0 aromatic heterocycles. The second-order valence-corrected chi connectivity index (χ2v) is 8.40. The van der Waals surface area contributed by atoms with Crippen LogP contribution in [0.25, 0.3) is 0 Å². The Morgan fingerprint density at radius 1 is 1.12 bits per heavy atom. The van der Waals surface area contributed by atoms with E-state index in [0.29, 0.717) is 5.92 Å². The summed E-state index contributed by atoms with van der Waals surface area (Å²) in [6.07, 6.45) is 1.84. The van der Waals surface area contributed by atoms with E-state index in [0.717, 1.165) is 24.2 Å². The van der Waals surface area contributed by atoms with E-state index in [4.69, 9.17) is 4.74 Å². The summed E-state index contributed by atoms with van der Waals surface area (Å²) in [7, 11) is 1.70. The van der Waals surface area contributed by atoms with Gasteiger partial charge in [-0.1, -0.05) is 33.8 Å². The molecule has 1 aromatic rings. The van der Waals surface area contributed by atoms with Crippen molar-refractivity contribution >= 4 is 11.6 Å². The van der Waals surface area contributed by atoms with Crippen LogP contribution in [0.5, 0.6) is 5.75 Å². The first-order chi connectivity index (χ1) is 11.2. The fraction of sp³-hybridized carbons (Fsp3) is 0.619. The fourth-order valence-corrected chi connectivity index (χ4v) is 5.15. The van der Waals surface area contributed by atoms with E-state index in [1.54, 1.807) is 7.11 Å². The molecule has 130 valence electrons. The van der Waals surface area contributed by atoms with Gasteiger partial charge in [-0.2, -0.15) is 0 Å². The number of methoxy groups -OCH3 is 1. The Morgan fingerprint density at radius 3 is 2.38 bits per heavy atom. The van der Waals surface area contributed by atoms with E-state index < -0.39 is 10.8 Å². The zero-order chi connectivity index (χ0) is 17.9. The van der Waals surface area contributed by atoms with Crippen molar-refractivity contribution < 1.29 is 14.3 Å². The minimum atomic E-state index is -0.569. The van der Waals surface area contributed by atoms with Crippen LogP contribution in [0.3, 0.4) is 0 Å². The van der Waals surface area contributed by atoms with Crippen molar-refractivity contribution in [3.63, 3.8) is 0 Å². The van der Waals surface area contributed by atoms with Gasteiger partial charge in [0.05, 0.1) is 18.9 Å². The van der Waals surface area contributed by atoms with E-state index in [9.17, 15) is 9.59 Å². The van der Waals surface area contributed by atoms with Crippen molar-refractivity contribution in [3.8, 4) is 5.75 Å². The minimum absolute atomic E-state index is 0.0580. The van der Waals surface area contributed by atoms with E-state index >= 15 is 0 Å². The number of hydrogen-bond acceptors (Lipinski definition) is 3. The largest absolute Gasteiger partial charge is 0.496 e. The van der Waals surface area contributed by atoms with Gasteiger partial charge in [0, 0.05) is 11.0 Å². The highest BCUT2D eigenvalue weighted by atomic mass is 16.5. The first-order valence-electron chi connectivity index (χ1n) is 8.92. The number of carbonyl (C=O) groups is 2. The molecule has 2 atom stereocenters. The molecule has 24 heavy (non-hydrogen) atoms. The third-order valence-corrected chi connectivity index (χ3v) is 6.54. The third kappa shape index (κ3) is 2.09. The first-order valence-corrected chi connectivity index (χ1v) is 8.92. The lowest BCUT2D eigenvalue weighted by Gasteiger charge is -2.52. The third-order valence-electron chi connectivity index (χ3n) is 6.54. The van der Waals surface area contributed by atoms with Gasteiger partial charge in [0.15, 0.2) is 5.78 Å². The number of fused-ring (bicyclic) bond motifs is 3. The number of ketones is 2. The Hall–Kier alpha value is -1.64. The maximum Gasteiger partial charge on any atom is 0.150 e. The lowest BCUT2D eigenvalue weighted by atomic mass is 9.49. The highest BCUT2D eigenvalue weighted by Crippen LogP contribution is 2.55. The van der Waals surface area contributed by atoms with Gasteiger partial charge in [-0.15, -0.1) is 0 Å². The summed E-state index contributed by atoms with van der Waals surface area (Å²) in [6, 6.07) is 4.06. The molecule has 0 radical (unpaired) electrons. The van der Waals surface area contributed by atoms with Gasteiger partial charge in [0.2, 0.25) is 0 Å². The van der Waals surface area contributed by atoms with Crippen LogP contribution in [0, 0.1) is 11.3 Å². The minimum Gasteiger partial charge on any atom is -0.496 e. The van der Waals surface area contributed by atoms with Gasteiger partial charge in [-0.25, -0.2) is 0 Å². The lowest BCUT2D eigenvalue weighted by molar-refractivity contribution is -0.147. The van der Waals surface area contributed by atoms with Crippen LogP contribution in [0.2, 0.25) is 0 Å². The van der Waals surface area contributed by atoms with Crippen LogP contribution in [-0.2, 0) is 21.4 Å². The number of rotatable bonds is 2. The molecule has 0 unspecified atom stereocenters. The molecule has 0 saturated heterocycles. The van der Waals surface area contributed by atoms with Crippen LogP contribution in [0.1, 0.15) is 70.1 Å². The van der Waals surface area contributed by atoms with Gasteiger partial charge >= 0.3 is 0 Å². The summed E-state index contributed by atoms with van der Waals surface area (Å²) >= 11 is 0. The Labute approximate surface area is 144 Å².